The molecule has 0 bridgehead atoms. The van der Waals surface area contributed by atoms with Crippen LogP contribution in [-0.4, -0.2) is 49.5 Å². The van der Waals surface area contributed by atoms with E-state index in [9.17, 15) is 0 Å². The van der Waals surface area contributed by atoms with Gasteiger partial charge in [0.2, 0.25) is 0 Å². The zero-order chi connectivity index (χ0) is 11.5. The molecule has 0 radical (unpaired) electrons. The van der Waals surface area contributed by atoms with E-state index in [1.807, 2.05) is 0 Å². The molecule has 1 saturated heterocycles. The van der Waals surface area contributed by atoms with Gasteiger partial charge in [0.1, 0.15) is 0 Å². The Balaban J connectivity index is 2.36. The van der Waals surface area contributed by atoms with Crippen LogP contribution >= 0.6 is 0 Å². The van der Waals surface area contributed by atoms with Crippen molar-refractivity contribution in [3.63, 3.8) is 0 Å². The van der Waals surface area contributed by atoms with Crippen LogP contribution in [0.1, 0.15) is 12.8 Å². The van der Waals surface area contributed by atoms with Crippen LogP contribution in [0.2, 0.25) is 31.1 Å². The normalized spacial score (nSPS) is 34.8. The van der Waals surface area contributed by atoms with Gasteiger partial charge >= 0.3 is 104 Å². The monoisotopic (exact) mass is 426 g/mol. The summed E-state index contributed by atoms with van der Waals surface area (Å²) >= 11 is -3.69. The first-order chi connectivity index (χ1) is 6.73. The molecule has 0 aromatic carbocycles. The van der Waals surface area contributed by atoms with Crippen molar-refractivity contribution < 1.29 is 4.74 Å². The minimum absolute atomic E-state index is 0.720. The first kappa shape index (κ1) is 13.0. The number of rotatable bonds is 2. The number of fused-ring (bicyclic) bond motifs is 1. The van der Waals surface area contributed by atoms with Gasteiger partial charge in [0.05, 0.1) is 0 Å². The standard InChI is InChI=1S/C6H8O.6CH3.2Sn/c1-2-5-4-6(5)7-3-1;;;;;;;;/h5-6H,1-3H2;6*1H3;;/t5-,6+;;;;;;;;/m1......../s1. The molecule has 1 saturated carbocycles. The van der Waals surface area contributed by atoms with E-state index in [0.717, 1.165) is 20.1 Å². The number of ether oxygens (including phenoxy) is 1. The molecule has 0 unspecified atom stereocenters. The van der Waals surface area contributed by atoms with E-state index in [-0.39, 0.29) is 0 Å². The van der Waals surface area contributed by atoms with Gasteiger partial charge in [-0.25, -0.2) is 0 Å². The molecule has 0 aromatic rings. The van der Waals surface area contributed by atoms with Crippen molar-refractivity contribution >= 4 is 36.8 Å². The Kier molecular flexibility index (Phi) is 3.27. The van der Waals surface area contributed by atoms with E-state index in [1.165, 1.54) is 12.8 Å². The molecule has 3 heteroatoms. The van der Waals surface area contributed by atoms with Crippen LogP contribution in [0.3, 0.4) is 0 Å². The van der Waals surface area contributed by atoms with E-state index in [0.29, 0.717) is 0 Å². The zero-order valence-electron chi connectivity index (χ0n) is 11.2. The first-order valence-corrected chi connectivity index (χ1v) is 26.3. The van der Waals surface area contributed by atoms with Crippen LogP contribution < -0.4 is 0 Å². The second kappa shape index (κ2) is 3.77. The Morgan fingerprint density at radius 3 is 1.87 bits per heavy atom. The van der Waals surface area contributed by atoms with Crippen LogP contribution in [0.5, 0.6) is 0 Å². The van der Waals surface area contributed by atoms with Crippen molar-refractivity contribution in [1.82, 2.24) is 0 Å². The average Bonchev–Trinajstić information content (AvgIpc) is 2.70. The third-order valence-electron chi connectivity index (χ3n) is 4.73. The fourth-order valence-electron chi connectivity index (χ4n) is 4.66. The number of hydrogen-bond acceptors (Lipinski definition) is 1. The molecule has 0 N–H and O–H groups in total. The summed E-state index contributed by atoms with van der Waals surface area (Å²) < 4.78 is 6.95. The molecule has 15 heavy (non-hydrogen) atoms. The molecule has 88 valence electrons. The first-order valence-electron chi connectivity index (χ1n) is 6.34. The summed E-state index contributed by atoms with van der Waals surface area (Å²) in [4.78, 5) is 15.9. The van der Waals surface area contributed by atoms with Gasteiger partial charge in [-0.1, -0.05) is 0 Å². The van der Waals surface area contributed by atoms with Gasteiger partial charge < -0.3 is 0 Å². The van der Waals surface area contributed by atoms with E-state index >= 15 is 0 Å². The fraction of sp³-hybridized carbons (Fsp3) is 1.00. The van der Waals surface area contributed by atoms with E-state index < -0.39 is 36.8 Å². The topological polar surface area (TPSA) is 9.23 Å². The summed E-state index contributed by atoms with van der Waals surface area (Å²) in [6, 6.07) is 0. The van der Waals surface area contributed by atoms with Gasteiger partial charge in [-0.3, -0.25) is 0 Å². The molecular formula is C12H26OSn2. The van der Waals surface area contributed by atoms with E-state index in [1.54, 1.807) is 0 Å². The third kappa shape index (κ3) is 1.74. The molecule has 0 amide bonds. The molecule has 1 aliphatic heterocycles. The van der Waals surface area contributed by atoms with Crippen LogP contribution in [0.15, 0.2) is 0 Å². The fourth-order valence-corrected chi connectivity index (χ4v) is 68.2. The summed E-state index contributed by atoms with van der Waals surface area (Å²) in [5, 5.41) is 0. The van der Waals surface area contributed by atoms with Crippen molar-refractivity contribution in [2.24, 2.45) is 5.92 Å². The van der Waals surface area contributed by atoms with E-state index in [4.69, 9.17) is 4.74 Å². The summed E-state index contributed by atoms with van der Waals surface area (Å²) in [5.74, 6) is 0.998. The Morgan fingerprint density at radius 1 is 1.00 bits per heavy atom. The van der Waals surface area contributed by atoms with Crippen LogP contribution in [-0.2, 0) is 4.74 Å². The van der Waals surface area contributed by atoms with Crippen LogP contribution in [0.4, 0.5) is 0 Å². The second-order valence-electron chi connectivity index (χ2n) is 7.41. The molecule has 1 nitrogen and oxygen atoms in total. The summed E-state index contributed by atoms with van der Waals surface area (Å²) in [6.45, 7) is 1.05. The van der Waals surface area contributed by atoms with Gasteiger partial charge in [-0.15, -0.1) is 0 Å². The van der Waals surface area contributed by atoms with Crippen molar-refractivity contribution in [1.29, 1.82) is 0 Å². The molecule has 1 aliphatic carbocycles. The Morgan fingerprint density at radius 2 is 1.53 bits per heavy atom. The maximum atomic E-state index is 6.13. The van der Waals surface area contributed by atoms with Gasteiger partial charge in [0, 0.05) is 0 Å². The number of hydrogen-bond donors (Lipinski definition) is 0. The molecule has 2 aliphatic rings. The zero-order valence-corrected chi connectivity index (χ0v) is 16.9. The molecule has 0 aromatic heterocycles. The SMILES string of the molecule is [CH3][Sn]([CH3])([CH3])[C]1([Sn]([CH3])([CH3])[CH3])[C@@H]2OCCC[C@@H]21. The minimum atomic E-state index is -1.84. The molecule has 2 rings (SSSR count). The Hall–Kier alpha value is 1.56. The van der Waals surface area contributed by atoms with Crippen LogP contribution in [0.25, 0.3) is 0 Å². The summed E-state index contributed by atoms with van der Waals surface area (Å²) in [6.07, 6.45) is 3.53. The average molecular weight is 424 g/mol. The molecule has 2 atom stereocenters. The van der Waals surface area contributed by atoms with Crippen LogP contribution in [0, 0.1) is 5.92 Å². The predicted molar refractivity (Wildman–Crippen MR) is 71.8 cm³/mol. The Bertz CT molecular complexity index is 234. The van der Waals surface area contributed by atoms with Gasteiger partial charge in [0.25, 0.3) is 0 Å². The molecular weight excluding hydrogens is 398 g/mol. The van der Waals surface area contributed by atoms with E-state index in [2.05, 4.69) is 29.6 Å². The summed E-state index contributed by atoms with van der Waals surface area (Å²) in [7, 11) is 0. The third-order valence-corrected chi connectivity index (χ3v) is 51.4. The Labute approximate surface area is 103 Å². The van der Waals surface area contributed by atoms with Crippen molar-refractivity contribution in [2.45, 2.75) is 50.0 Å². The second-order valence-corrected chi connectivity index (χ2v) is 41.9. The molecule has 0 spiro atoms. The van der Waals surface area contributed by atoms with Crippen molar-refractivity contribution in [2.75, 3.05) is 6.61 Å². The predicted octanol–water partition coefficient (Wildman–Crippen LogP) is 3.75. The molecule has 1 heterocycles. The maximum absolute atomic E-state index is 6.13. The van der Waals surface area contributed by atoms with Crippen molar-refractivity contribution in [3.05, 3.63) is 0 Å². The van der Waals surface area contributed by atoms with Gasteiger partial charge in [0.15, 0.2) is 0 Å². The molecule has 2 fully saturated rings. The quantitative estimate of drug-likeness (QED) is 0.615. The van der Waals surface area contributed by atoms with Gasteiger partial charge in [-0.05, 0) is 0 Å². The van der Waals surface area contributed by atoms with Gasteiger partial charge in [-0.2, -0.15) is 0 Å². The van der Waals surface area contributed by atoms with Crippen molar-refractivity contribution in [3.8, 4) is 0 Å². The summed E-state index contributed by atoms with van der Waals surface area (Å²) in [5.41, 5.74) is 0.